The predicted molar refractivity (Wildman–Crippen MR) is 58.0 cm³/mol. The number of aromatic nitrogens is 1. The highest BCUT2D eigenvalue weighted by Crippen LogP contribution is 2.47. The second kappa shape index (κ2) is 2.95. The summed E-state index contributed by atoms with van der Waals surface area (Å²) < 4.78 is 0. The number of carbonyl (C=O) groups excluding carboxylic acids is 1. The Kier molecular flexibility index (Phi) is 1.80. The minimum absolute atomic E-state index is 0.102. The number of amides is 1. The number of nitrogens with one attached hydrogen (secondary N) is 1. The molecule has 0 bridgehead atoms. The molecule has 2 heterocycles. The zero-order chi connectivity index (χ0) is 10.5. The molecule has 1 N–H and O–H groups in total. The van der Waals surface area contributed by atoms with E-state index in [1.54, 1.807) is 6.07 Å². The van der Waals surface area contributed by atoms with E-state index in [-0.39, 0.29) is 11.3 Å². The van der Waals surface area contributed by atoms with Gasteiger partial charge in [0, 0.05) is 0 Å². The fraction of sp³-hybridized carbons (Fsp3) is 0.455. The van der Waals surface area contributed by atoms with E-state index < -0.39 is 0 Å². The third-order valence-electron chi connectivity index (χ3n) is 3.45. The van der Waals surface area contributed by atoms with Crippen LogP contribution in [0.15, 0.2) is 12.1 Å². The predicted octanol–water partition coefficient (Wildman–Crippen LogP) is 2.50. The summed E-state index contributed by atoms with van der Waals surface area (Å²) >= 11 is 5.88. The summed E-state index contributed by atoms with van der Waals surface area (Å²) in [6, 6.07) is 3.56. The number of hydrogen-bond acceptors (Lipinski definition) is 2. The second-order valence-electron chi connectivity index (χ2n) is 4.27. The smallest absolute Gasteiger partial charge is 0.236 e. The maximum absolute atomic E-state index is 12.0. The van der Waals surface area contributed by atoms with Crippen molar-refractivity contribution >= 4 is 23.2 Å². The fourth-order valence-electron chi connectivity index (χ4n) is 2.69. The van der Waals surface area contributed by atoms with E-state index in [0.717, 1.165) is 37.1 Å². The van der Waals surface area contributed by atoms with Crippen LogP contribution in [0, 0.1) is 0 Å². The fourth-order valence-corrected chi connectivity index (χ4v) is 2.84. The van der Waals surface area contributed by atoms with Crippen LogP contribution >= 0.6 is 11.6 Å². The van der Waals surface area contributed by atoms with Crippen LogP contribution in [-0.2, 0) is 10.2 Å². The van der Waals surface area contributed by atoms with Gasteiger partial charge >= 0.3 is 0 Å². The highest BCUT2D eigenvalue weighted by Gasteiger charge is 2.49. The van der Waals surface area contributed by atoms with E-state index >= 15 is 0 Å². The molecule has 1 amide bonds. The summed E-state index contributed by atoms with van der Waals surface area (Å²) in [7, 11) is 0. The molecule has 3 nitrogen and oxygen atoms in total. The monoisotopic (exact) mass is 222 g/mol. The van der Waals surface area contributed by atoms with Crippen molar-refractivity contribution in [1.82, 2.24) is 4.98 Å². The van der Waals surface area contributed by atoms with E-state index in [4.69, 9.17) is 11.6 Å². The lowest BCUT2D eigenvalue weighted by atomic mass is 9.83. The lowest BCUT2D eigenvalue weighted by molar-refractivity contribution is -0.120. The molecule has 2 aliphatic rings. The quantitative estimate of drug-likeness (QED) is 0.686. The van der Waals surface area contributed by atoms with Crippen molar-refractivity contribution in [2.24, 2.45) is 0 Å². The molecule has 1 spiro atoms. The maximum Gasteiger partial charge on any atom is 0.236 e. The molecule has 0 radical (unpaired) electrons. The number of carbonyl (C=O) groups is 1. The number of nitrogens with zero attached hydrogens (tertiary/aromatic N) is 1. The standard InChI is InChI=1S/C11H11ClN2O/c12-8-4-3-7-9(14-8)11(10(15)13-7)5-1-2-6-11/h3-4H,1-2,5-6H2,(H,13,15). The number of halogens is 1. The number of rotatable bonds is 0. The van der Waals surface area contributed by atoms with Crippen molar-refractivity contribution in [2.75, 3.05) is 5.32 Å². The van der Waals surface area contributed by atoms with E-state index in [1.807, 2.05) is 6.07 Å². The van der Waals surface area contributed by atoms with Crippen LogP contribution in [0.4, 0.5) is 5.69 Å². The van der Waals surface area contributed by atoms with E-state index in [1.165, 1.54) is 0 Å². The van der Waals surface area contributed by atoms with Gasteiger partial charge in [0.2, 0.25) is 5.91 Å². The Bertz CT molecular complexity index is 438. The molecule has 0 unspecified atom stereocenters. The SMILES string of the molecule is O=C1Nc2ccc(Cl)nc2C12CCCC2. The van der Waals surface area contributed by atoms with Crippen LogP contribution in [-0.4, -0.2) is 10.9 Å². The van der Waals surface area contributed by atoms with Crippen molar-refractivity contribution < 1.29 is 4.79 Å². The summed E-state index contributed by atoms with van der Waals surface area (Å²) in [5.74, 6) is 0.102. The highest BCUT2D eigenvalue weighted by atomic mass is 35.5. The Hall–Kier alpha value is -1.09. The molecule has 4 heteroatoms. The van der Waals surface area contributed by atoms with Crippen LogP contribution in [0.5, 0.6) is 0 Å². The summed E-state index contributed by atoms with van der Waals surface area (Å²) in [5, 5.41) is 3.37. The molecule has 78 valence electrons. The molecular formula is C11H11ClN2O. The van der Waals surface area contributed by atoms with E-state index in [2.05, 4.69) is 10.3 Å². The Balaban J connectivity index is 2.19. The van der Waals surface area contributed by atoms with Gasteiger partial charge < -0.3 is 5.32 Å². The molecule has 1 fully saturated rings. The van der Waals surface area contributed by atoms with Crippen LogP contribution in [0.25, 0.3) is 0 Å². The molecule has 1 aliphatic heterocycles. The van der Waals surface area contributed by atoms with Gasteiger partial charge in [-0.2, -0.15) is 0 Å². The van der Waals surface area contributed by atoms with Gasteiger partial charge in [-0.15, -0.1) is 0 Å². The molecule has 15 heavy (non-hydrogen) atoms. The van der Waals surface area contributed by atoms with E-state index in [0.29, 0.717) is 5.15 Å². The Morgan fingerprint density at radius 1 is 1.33 bits per heavy atom. The van der Waals surface area contributed by atoms with Gasteiger partial charge in [-0.1, -0.05) is 24.4 Å². The first kappa shape index (κ1) is 9.16. The molecule has 0 atom stereocenters. The van der Waals surface area contributed by atoms with Gasteiger partial charge in [0.05, 0.1) is 16.8 Å². The summed E-state index contributed by atoms with van der Waals surface area (Å²) in [5.41, 5.74) is 1.32. The normalized spacial score (nSPS) is 21.8. The van der Waals surface area contributed by atoms with Crippen molar-refractivity contribution in [3.63, 3.8) is 0 Å². The van der Waals surface area contributed by atoms with Gasteiger partial charge in [-0.25, -0.2) is 4.98 Å². The van der Waals surface area contributed by atoms with Crippen LogP contribution < -0.4 is 5.32 Å². The number of hydrogen-bond donors (Lipinski definition) is 1. The average Bonchev–Trinajstić information content (AvgIpc) is 2.78. The Morgan fingerprint density at radius 3 is 2.80 bits per heavy atom. The average molecular weight is 223 g/mol. The second-order valence-corrected chi connectivity index (χ2v) is 4.66. The van der Waals surface area contributed by atoms with Crippen molar-refractivity contribution in [2.45, 2.75) is 31.1 Å². The van der Waals surface area contributed by atoms with Gasteiger partial charge in [-0.05, 0) is 25.0 Å². The van der Waals surface area contributed by atoms with Gasteiger partial charge in [0.25, 0.3) is 0 Å². The summed E-state index contributed by atoms with van der Waals surface area (Å²) in [6.45, 7) is 0. The zero-order valence-corrected chi connectivity index (χ0v) is 8.97. The molecule has 1 aromatic rings. The summed E-state index contributed by atoms with van der Waals surface area (Å²) in [4.78, 5) is 16.3. The van der Waals surface area contributed by atoms with Crippen molar-refractivity contribution in [1.29, 1.82) is 0 Å². The van der Waals surface area contributed by atoms with Gasteiger partial charge in [0.1, 0.15) is 5.15 Å². The Labute approximate surface area is 92.8 Å². The maximum atomic E-state index is 12.0. The molecular weight excluding hydrogens is 212 g/mol. The van der Waals surface area contributed by atoms with Crippen LogP contribution in [0.3, 0.4) is 0 Å². The minimum atomic E-state index is -0.375. The Morgan fingerprint density at radius 2 is 2.07 bits per heavy atom. The third kappa shape index (κ3) is 1.13. The van der Waals surface area contributed by atoms with E-state index in [9.17, 15) is 4.79 Å². The lowest BCUT2D eigenvalue weighted by Crippen LogP contribution is -2.31. The third-order valence-corrected chi connectivity index (χ3v) is 3.67. The molecule has 1 aromatic heterocycles. The number of anilines is 1. The molecule has 1 aliphatic carbocycles. The highest BCUT2D eigenvalue weighted by molar-refractivity contribution is 6.29. The van der Waals surface area contributed by atoms with Crippen LogP contribution in [0.1, 0.15) is 31.4 Å². The number of pyridine rings is 1. The first-order valence-corrected chi connectivity index (χ1v) is 5.59. The van der Waals surface area contributed by atoms with Crippen LogP contribution in [0.2, 0.25) is 5.15 Å². The minimum Gasteiger partial charge on any atom is -0.324 e. The first-order valence-electron chi connectivity index (χ1n) is 5.21. The largest absolute Gasteiger partial charge is 0.324 e. The van der Waals surface area contributed by atoms with Gasteiger partial charge in [-0.3, -0.25) is 4.79 Å². The van der Waals surface area contributed by atoms with Gasteiger partial charge in [0.15, 0.2) is 0 Å². The molecule has 3 rings (SSSR count). The molecule has 0 saturated heterocycles. The van der Waals surface area contributed by atoms with Crippen molar-refractivity contribution in [3.8, 4) is 0 Å². The first-order chi connectivity index (χ1) is 7.22. The topological polar surface area (TPSA) is 42.0 Å². The number of fused-ring (bicyclic) bond motifs is 2. The molecule has 0 aromatic carbocycles. The summed E-state index contributed by atoms with van der Waals surface area (Å²) in [6.07, 6.45) is 4.00. The van der Waals surface area contributed by atoms with Crippen molar-refractivity contribution in [3.05, 3.63) is 23.0 Å². The zero-order valence-electron chi connectivity index (χ0n) is 8.22. The molecule has 1 saturated carbocycles. The lowest BCUT2D eigenvalue weighted by Gasteiger charge is -2.19.